The predicted octanol–water partition coefficient (Wildman–Crippen LogP) is 3.28. The van der Waals surface area contributed by atoms with Gasteiger partial charge in [0.15, 0.2) is 0 Å². The molecule has 1 amide bonds. The van der Waals surface area contributed by atoms with E-state index < -0.39 is 15.4 Å². The van der Waals surface area contributed by atoms with Crippen LogP contribution >= 0.6 is 0 Å². The van der Waals surface area contributed by atoms with E-state index >= 15 is 0 Å². The zero-order valence-corrected chi connectivity index (χ0v) is 18.3. The van der Waals surface area contributed by atoms with Crippen LogP contribution in [0.5, 0.6) is 5.75 Å². The van der Waals surface area contributed by atoms with Crippen molar-refractivity contribution in [1.29, 1.82) is 0 Å². The van der Waals surface area contributed by atoms with Gasteiger partial charge in [-0.1, -0.05) is 13.8 Å². The van der Waals surface area contributed by atoms with Gasteiger partial charge in [0.2, 0.25) is 15.9 Å². The molecule has 2 heterocycles. The van der Waals surface area contributed by atoms with Gasteiger partial charge in [-0.05, 0) is 68.2 Å². The summed E-state index contributed by atoms with van der Waals surface area (Å²) in [6, 6.07) is 7.80. The Bertz CT molecular complexity index is 838. The lowest BCUT2D eigenvalue weighted by Gasteiger charge is -2.37. The van der Waals surface area contributed by atoms with Gasteiger partial charge in [-0.15, -0.1) is 0 Å². The first-order valence-electron chi connectivity index (χ1n) is 10.8. The number of carbonyl (C=O) groups is 1. The van der Waals surface area contributed by atoms with Crippen molar-refractivity contribution >= 4 is 21.6 Å². The van der Waals surface area contributed by atoms with Gasteiger partial charge in [-0.3, -0.25) is 4.79 Å². The van der Waals surface area contributed by atoms with Crippen molar-refractivity contribution in [1.82, 2.24) is 4.31 Å². The normalized spacial score (nSPS) is 22.6. The number of amides is 1. The van der Waals surface area contributed by atoms with Gasteiger partial charge in [0.1, 0.15) is 5.75 Å². The molecule has 2 aliphatic heterocycles. The molecular weight excluding hydrogens is 388 g/mol. The van der Waals surface area contributed by atoms with E-state index in [9.17, 15) is 13.2 Å². The summed E-state index contributed by atoms with van der Waals surface area (Å²) in [6.45, 7) is 6.21. The van der Waals surface area contributed by atoms with Crippen molar-refractivity contribution in [3.63, 3.8) is 0 Å². The second-order valence-electron chi connectivity index (χ2n) is 9.31. The molecule has 0 atom stereocenters. The summed E-state index contributed by atoms with van der Waals surface area (Å²) < 4.78 is 32.4. The Balaban J connectivity index is 1.37. The van der Waals surface area contributed by atoms with Crippen molar-refractivity contribution < 1.29 is 17.9 Å². The molecule has 0 N–H and O–H groups in total. The fourth-order valence-electron chi connectivity index (χ4n) is 4.47. The molecule has 2 saturated heterocycles. The predicted molar refractivity (Wildman–Crippen MR) is 113 cm³/mol. The summed E-state index contributed by atoms with van der Waals surface area (Å²) in [7, 11) is -3.23. The van der Waals surface area contributed by atoms with E-state index in [0.29, 0.717) is 38.4 Å². The zero-order chi connectivity index (χ0) is 20.6. The Morgan fingerprint density at radius 3 is 2.28 bits per heavy atom. The van der Waals surface area contributed by atoms with Gasteiger partial charge in [0.25, 0.3) is 0 Å². The second-order valence-corrected chi connectivity index (χ2v) is 11.3. The molecule has 6 nitrogen and oxygen atoms in total. The number of hydrogen-bond donors (Lipinski definition) is 0. The van der Waals surface area contributed by atoms with E-state index in [2.05, 4.69) is 0 Å². The molecule has 1 spiro atoms. The number of sulfonamides is 1. The molecular formula is C22H32N2O4S. The number of anilines is 1. The monoisotopic (exact) mass is 420 g/mol. The Morgan fingerprint density at radius 1 is 1.07 bits per heavy atom. The van der Waals surface area contributed by atoms with Crippen LogP contribution in [-0.2, 0) is 14.8 Å². The number of carbonyl (C=O) groups excluding carboxylic acids is 1. The standard InChI is InChI=1S/C22H32N2O4S/c1-17(2)16-29(26,27)23-12-9-22(10-13-23)11-14-24(21(22)25)19-5-7-20(8-6-19)28-15-18-3-4-18/h5-8,17-18H,3-4,9-16H2,1-2H3. The highest BCUT2D eigenvalue weighted by Crippen LogP contribution is 2.43. The molecule has 0 radical (unpaired) electrons. The number of ether oxygens (including phenoxy) is 1. The first kappa shape index (κ1) is 20.7. The highest BCUT2D eigenvalue weighted by molar-refractivity contribution is 7.89. The minimum Gasteiger partial charge on any atom is -0.493 e. The van der Waals surface area contributed by atoms with Crippen LogP contribution in [-0.4, -0.2) is 50.6 Å². The Hall–Kier alpha value is -1.60. The molecule has 1 saturated carbocycles. The number of piperidine rings is 1. The zero-order valence-electron chi connectivity index (χ0n) is 17.5. The Morgan fingerprint density at radius 2 is 1.69 bits per heavy atom. The fraction of sp³-hybridized carbons (Fsp3) is 0.682. The van der Waals surface area contributed by atoms with E-state index in [0.717, 1.165) is 24.5 Å². The smallest absolute Gasteiger partial charge is 0.233 e. The summed E-state index contributed by atoms with van der Waals surface area (Å²) in [5.74, 6) is 1.99. The summed E-state index contributed by atoms with van der Waals surface area (Å²) in [5.41, 5.74) is 0.492. The topological polar surface area (TPSA) is 66.9 Å². The van der Waals surface area contributed by atoms with Crippen LogP contribution in [0.15, 0.2) is 24.3 Å². The molecule has 1 aromatic rings. The quantitative estimate of drug-likeness (QED) is 0.679. The molecule has 0 aromatic heterocycles. The van der Waals surface area contributed by atoms with Crippen LogP contribution in [0.3, 0.4) is 0 Å². The highest BCUT2D eigenvalue weighted by atomic mass is 32.2. The van der Waals surface area contributed by atoms with Gasteiger partial charge in [0, 0.05) is 25.3 Å². The van der Waals surface area contributed by atoms with Gasteiger partial charge < -0.3 is 9.64 Å². The van der Waals surface area contributed by atoms with Crippen molar-refractivity contribution in [3.05, 3.63) is 24.3 Å². The molecule has 3 fully saturated rings. The first-order chi connectivity index (χ1) is 13.8. The minimum atomic E-state index is -3.23. The molecule has 7 heteroatoms. The van der Waals surface area contributed by atoms with E-state index in [4.69, 9.17) is 4.74 Å². The molecule has 29 heavy (non-hydrogen) atoms. The van der Waals surface area contributed by atoms with Crippen molar-refractivity contribution in [2.75, 3.05) is 36.9 Å². The molecule has 0 unspecified atom stereocenters. The van der Waals surface area contributed by atoms with E-state index in [-0.39, 0.29) is 17.6 Å². The Kier molecular flexibility index (Phi) is 5.64. The van der Waals surface area contributed by atoms with E-state index in [1.165, 1.54) is 12.8 Å². The number of nitrogens with zero attached hydrogens (tertiary/aromatic N) is 2. The summed E-state index contributed by atoms with van der Waals surface area (Å²) in [6.07, 6.45) is 4.55. The van der Waals surface area contributed by atoms with Crippen LogP contribution < -0.4 is 9.64 Å². The minimum absolute atomic E-state index is 0.107. The third-order valence-corrected chi connectivity index (χ3v) is 8.70. The van der Waals surface area contributed by atoms with Crippen molar-refractivity contribution in [3.8, 4) is 5.75 Å². The fourth-order valence-corrected chi connectivity index (χ4v) is 6.26. The van der Waals surface area contributed by atoms with Crippen LogP contribution in [0.25, 0.3) is 0 Å². The number of rotatable bonds is 7. The molecule has 1 aromatic carbocycles. The lowest BCUT2D eigenvalue weighted by molar-refractivity contribution is -0.127. The van der Waals surface area contributed by atoms with Crippen LogP contribution in [0.4, 0.5) is 5.69 Å². The molecule has 3 aliphatic rings. The van der Waals surface area contributed by atoms with Crippen molar-refractivity contribution in [2.45, 2.75) is 46.0 Å². The lowest BCUT2D eigenvalue weighted by atomic mass is 9.77. The van der Waals surface area contributed by atoms with Crippen molar-refractivity contribution in [2.24, 2.45) is 17.3 Å². The first-order valence-corrected chi connectivity index (χ1v) is 12.4. The van der Waals surface area contributed by atoms with Crippen LogP contribution in [0, 0.1) is 17.3 Å². The summed E-state index contributed by atoms with van der Waals surface area (Å²) in [5, 5.41) is 0. The van der Waals surface area contributed by atoms with Crippen LogP contribution in [0.2, 0.25) is 0 Å². The summed E-state index contributed by atoms with van der Waals surface area (Å²) in [4.78, 5) is 15.1. The third-order valence-electron chi connectivity index (χ3n) is 6.46. The second kappa shape index (κ2) is 7.91. The van der Waals surface area contributed by atoms with Gasteiger partial charge in [-0.25, -0.2) is 12.7 Å². The SMILES string of the molecule is CC(C)CS(=O)(=O)N1CCC2(CCN(c3ccc(OCC4CC4)cc3)C2=O)CC1. The largest absolute Gasteiger partial charge is 0.493 e. The highest BCUT2D eigenvalue weighted by Gasteiger charge is 2.49. The average Bonchev–Trinajstić information content (AvgIpc) is 3.46. The maximum Gasteiger partial charge on any atom is 0.233 e. The van der Waals surface area contributed by atoms with E-state index in [1.54, 1.807) is 4.31 Å². The van der Waals surface area contributed by atoms with Crippen LogP contribution in [0.1, 0.15) is 46.0 Å². The maximum absolute atomic E-state index is 13.3. The third kappa shape index (κ3) is 4.45. The molecule has 4 rings (SSSR count). The molecule has 0 bridgehead atoms. The Labute approximate surface area is 174 Å². The van der Waals surface area contributed by atoms with Gasteiger partial charge in [0.05, 0.1) is 17.8 Å². The van der Waals surface area contributed by atoms with E-state index in [1.807, 2.05) is 43.0 Å². The maximum atomic E-state index is 13.3. The van der Waals surface area contributed by atoms with Gasteiger partial charge in [-0.2, -0.15) is 0 Å². The molecule has 160 valence electrons. The molecule has 1 aliphatic carbocycles. The summed E-state index contributed by atoms with van der Waals surface area (Å²) >= 11 is 0. The number of benzene rings is 1. The van der Waals surface area contributed by atoms with Gasteiger partial charge >= 0.3 is 0 Å². The number of hydrogen-bond acceptors (Lipinski definition) is 4. The average molecular weight is 421 g/mol. The lowest BCUT2D eigenvalue weighted by Crippen LogP contribution is -2.47.